The molecule has 0 amide bonds. The summed E-state index contributed by atoms with van der Waals surface area (Å²) < 4.78 is 33.1. The van der Waals surface area contributed by atoms with Crippen LogP contribution in [0, 0.1) is 0 Å². The number of halogens is 1. The Morgan fingerprint density at radius 3 is 2.70 bits per heavy atom. The SMILES string of the molecule is O=S(=O)(Nc1cc(-c2ccc3ncccc3c2)cnc1Cl)c1cccc2nonc12. The van der Waals surface area contributed by atoms with Gasteiger partial charge in [-0.1, -0.05) is 29.8 Å². The summed E-state index contributed by atoms with van der Waals surface area (Å²) in [5.74, 6) is 0. The molecule has 0 atom stereocenters. The lowest BCUT2D eigenvalue weighted by molar-refractivity contribution is 0.315. The molecule has 3 heterocycles. The normalized spacial score (nSPS) is 11.8. The Bertz CT molecular complexity index is 1520. The second-order valence-corrected chi connectivity index (χ2v) is 8.48. The van der Waals surface area contributed by atoms with Crippen molar-refractivity contribution >= 4 is 49.2 Å². The Labute approximate surface area is 175 Å². The van der Waals surface area contributed by atoms with E-state index in [1.54, 1.807) is 30.6 Å². The molecule has 0 unspecified atom stereocenters. The van der Waals surface area contributed by atoms with Gasteiger partial charge in [0.05, 0.1) is 11.2 Å². The fourth-order valence-electron chi connectivity index (χ4n) is 3.13. The van der Waals surface area contributed by atoms with Crippen molar-refractivity contribution in [3.63, 3.8) is 0 Å². The van der Waals surface area contributed by atoms with Crippen LogP contribution in [0.5, 0.6) is 0 Å². The van der Waals surface area contributed by atoms with Gasteiger partial charge in [0.2, 0.25) is 0 Å². The topological polar surface area (TPSA) is 111 Å². The van der Waals surface area contributed by atoms with Crippen molar-refractivity contribution in [1.82, 2.24) is 20.3 Å². The molecule has 0 saturated carbocycles. The van der Waals surface area contributed by atoms with Crippen LogP contribution in [0.3, 0.4) is 0 Å². The lowest BCUT2D eigenvalue weighted by Crippen LogP contribution is -2.14. The van der Waals surface area contributed by atoms with Gasteiger partial charge in [0.15, 0.2) is 10.7 Å². The first-order chi connectivity index (χ1) is 14.5. The number of sulfonamides is 1. The second kappa shape index (κ2) is 7.05. The third-order valence-corrected chi connectivity index (χ3v) is 6.26. The van der Waals surface area contributed by atoms with Gasteiger partial charge >= 0.3 is 0 Å². The van der Waals surface area contributed by atoms with Crippen LogP contribution in [0.4, 0.5) is 5.69 Å². The van der Waals surface area contributed by atoms with Crippen LogP contribution >= 0.6 is 11.6 Å². The minimum atomic E-state index is -4.01. The molecule has 10 heteroatoms. The van der Waals surface area contributed by atoms with E-state index in [2.05, 4.69) is 29.6 Å². The van der Waals surface area contributed by atoms with Gasteiger partial charge in [-0.25, -0.2) is 18.0 Å². The lowest BCUT2D eigenvalue weighted by Gasteiger charge is -2.11. The number of aromatic nitrogens is 4. The average Bonchev–Trinajstić information content (AvgIpc) is 3.23. The highest BCUT2D eigenvalue weighted by Gasteiger charge is 2.22. The molecular formula is C20H12ClN5O3S. The van der Waals surface area contributed by atoms with E-state index in [4.69, 9.17) is 11.6 Å². The fourth-order valence-corrected chi connectivity index (χ4v) is 4.55. The van der Waals surface area contributed by atoms with Crippen molar-refractivity contribution in [1.29, 1.82) is 0 Å². The largest absolute Gasteiger partial charge is 0.276 e. The Morgan fingerprint density at radius 2 is 1.80 bits per heavy atom. The average molecular weight is 438 g/mol. The van der Waals surface area contributed by atoms with E-state index >= 15 is 0 Å². The maximum atomic E-state index is 13.0. The molecule has 2 aromatic carbocycles. The van der Waals surface area contributed by atoms with Gasteiger partial charge in [-0.2, -0.15) is 0 Å². The summed E-state index contributed by atoms with van der Waals surface area (Å²) in [7, 11) is -4.01. The summed E-state index contributed by atoms with van der Waals surface area (Å²) in [5.41, 5.74) is 3.02. The van der Waals surface area contributed by atoms with Gasteiger partial charge in [0.25, 0.3) is 10.0 Å². The molecule has 5 rings (SSSR count). The predicted molar refractivity (Wildman–Crippen MR) is 113 cm³/mol. The third kappa shape index (κ3) is 3.23. The number of hydrogen-bond acceptors (Lipinski definition) is 7. The molecule has 8 nitrogen and oxygen atoms in total. The first-order valence-corrected chi connectivity index (χ1v) is 10.6. The molecule has 148 valence electrons. The van der Waals surface area contributed by atoms with Crippen LogP contribution in [0.15, 0.2) is 76.5 Å². The number of hydrogen-bond donors (Lipinski definition) is 1. The van der Waals surface area contributed by atoms with Crippen LogP contribution < -0.4 is 4.72 Å². The molecular weight excluding hydrogens is 426 g/mol. The van der Waals surface area contributed by atoms with Crippen LogP contribution in [0.25, 0.3) is 33.1 Å². The van der Waals surface area contributed by atoms with E-state index < -0.39 is 10.0 Å². The van der Waals surface area contributed by atoms with Gasteiger partial charge in [-0.3, -0.25) is 9.71 Å². The van der Waals surface area contributed by atoms with Crippen LogP contribution in [-0.4, -0.2) is 28.7 Å². The Balaban J connectivity index is 1.55. The zero-order chi connectivity index (χ0) is 20.7. The molecule has 0 spiro atoms. The molecule has 3 aromatic heterocycles. The van der Waals surface area contributed by atoms with E-state index in [0.717, 1.165) is 16.5 Å². The third-order valence-electron chi connectivity index (χ3n) is 4.56. The lowest BCUT2D eigenvalue weighted by atomic mass is 10.0. The van der Waals surface area contributed by atoms with E-state index in [9.17, 15) is 8.42 Å². The number of pyridine rings is 2. The highest BCUT2D eigenvalue weighted by atomic mass is 35.5. The molecule has 5 aromatic rings. The van der Waals surface area contributed by atoms with Crippen molar-refractivity contribution in [2.24, 2.45) is 0 Å². The number of nitrogens with zero attached hydrogens (tertiary/aromatic N) is 4. The van der Waals surface area contributed by atoms with Crippen LogP contribution in [-0.2, 0) is 10.0 Å². The van der Waals surface area contributed by atoms with Crippen LogP contribution in [0.2, 0.25) is 5.15 Å². The smallest absolute Gasteiger partial charge is 0.264 e. The summed E-state index contributed by atoms with van der Waals surface area (Å²) in [6, 6.07) is 15.7. The summed E-state index contributed by atoms with van der Waals surface area (Å²) in [6.45, 7) is 0. The Morgan fingerprint density at radius 1 is 0.900 bits per heavy atom. The maximum absolute atomic E-state index is 13.0. The quantitative estimate of drug-likeness (QED) is 0.417. The number of fused-ring (bicyclic) bond motifs is 2. The monoisotopic (exact) mass is 437 g/mol. The van der Waals surface area contributed by atoms with E-state index in [1.807, 2.05) is 30.3 Å². The maximum Gasteiger partial charge on any atom is 0.264 e. The molecule has 0 aliphatic heterocycles. The molecule has 0 saturated heterocycles. The number of benzene rings is 2. The first kappa shape index (κ1) is 18.5. The molecule has 0 fully saturated rings. The van der Waals surface area contributed by atoms with Gasteiger partial charge in [0, 0.05) is 23.3 Å². The summed E-state index contributed by atoms with van der Waals surface area (Å²) in [5, 5.41) is 8.34. The highest BCUT2D eigenvalue weighted by molar-refractivity contribution is 7.93. The van der Waals surface area contributed by atoms with Gasteiger partial charge in [-0.05, 0) is 52.3 Å². The first-order valence-electron chi connectivity index (χ1n) is 8.76. The van der Waals surface area contributed by atoms with E-state index in [1.165, 1.54) is 6.07 Å². The van der Waals surface area contributed by atoms with Crippen molar-refractivity contribution in [3.05, 3.63) is 72.1 Å². The molecule has 0 bridgehead atoms. The zero-order valence-electron chi connectivity index (χ0n) is 15.2. The minimum Gasteiger partial charge on any atom is -0.276 e. The Kier molecular flexibility index (Phi) is 4.34. The summed E-state index contributed by atoms with van der Waals surface area (Å²) in [4.78, 5) is 8.38. The number of anilines is 1. The number of nitrogens with one attached hydrogen (secondary N) is 1. The molecule has 0 radical (unpaired) electrons. The molecule has 30 heavy (non-hydrogen) atoms. The van der Waals surface area contributed by atoms with Crippen molar-refractivity contribution < 1.29 is 13.0 Å². The standard InChI is InChI=1S/C20H12ClN5O3S/c21-20-17(26-30(27,28)18-5-1-4-16-19(18)25-29-24-16)10-14(11-23-20)12-6-7-15-13(9-12)3-2-8-22-15/h1-11,26H. The zero-order valence-corrected chi connectivity index (χ0v) is 16.7. The summed E-state index contributed by atoms with van der Waals surface area (Å²) >= 11 is 6.17. The van der Waals surface area contributed by atoms with E-state index in [-0.39, 0.29) is 21.3 Å². The minimum absolute atomic E-state index is 0.0234. The van der Waals surface area contributed by atoms with Gasteiger partial charge < -0.3 is 0 Å². The van der Waals surface area contributed by atoms with Crippen molar-refractivity contribution in [3.8, 4) is 11.1 Å². The molecule has 0 aliphatic rings. The fraction of sp³-hybridized carbons (Fsp3) is 0. The molecule has 0 aliphatic carbocycles. The highest BCUT2D eigenvalue weighted by Crippen LogP contribution is 2.31. The summed E-state index contributed by atoms with van der Waals surface area (Å²) in [6.07, 6.45) is 3.31. The predicted octanol–water partition coefficient (Wildman–Crippen LogP) is 4.29. The van der Waals surface area contributed by atoms with Crippen molar-refractivity contribution in [2.45, 2.75) is 4.90 Å². The molecule has 1 N–H and O–H groups in total. The Hall–Kier alpha value is -3.56. The van der Waals surface area contributed by atoms with Gasteiger partial charge in [0.1, 0.15) is 10.4 Å². The van der Waals surface area contributed by atoms with Crippen LogP contribution in [0.1, 0.15) is 0 Å². The van der Waals surface area contributed by atoms with E-state index in [0.29, 0.717) is 11.1 Å². The number of rotatable bonds is 4. The van der Waals surface area contributed by atoms with Crippen molar-refractivity contribution in [2.75, 3.05) is 4.72 Å². The van der Waals surface area contributed by atoms with Gasteiger partial charge in [-0.15, -0.1) is 0 Å². The second-order valence-electron chi connectivity index (χ2n) is 6.47.